The summed E-state index contributed by atoms with van der Waals surface area (Å²) >= 11 is 0. The van der Waals surface area contributed by atoms with Crippen molar-refractivity contribution in [2.75, 3.05) is 0 Å². The first kappa shape index (κ1) is 8.08. The smallest absolute Gasteiger partial charge is 0.346 e. The van der Waals surface area contributed by atoms with Gasteiger partial charge in [0.25, 0.3) is 0 Å². The summed E-state index contributed by atoms with van der Waals surface area (Å²) in [6, 6.07) is 3.27. The zero-order chi connectivity index (χ0) is 8.97. The first-order valence-corrected chi connectivity index (χ1v) is 3.22. The number of rotatable bonds is 2. The molecule has 0 aromatic carbocycles. The zero-order valence-electron chi connectivity index (χ0n) is 6.11. The van der Waals surface area contributed by atoms with Crippen LogP contribution in [0.15, 0.2) is 24.0 Å². The van der Waals surface area contributed by atoms with Crippen molar-refractivity contribution in [3.8, 4) is 6.07 Å². The van der Waals surface area contributed by atoms with E-state index in [1.54, 1.807) is 24.5 Å². The molecule has 1 aromatic heterocycles. The molecule has 12 heavy (non-hydrogen) atoms. The molecule has 2 N–H and O–H groups in total. The van der Waals surface area contributed by atoms with Gasteiger partial charge in [0.15, 0.2) is 0 Å². The van der Waals surface area contributed by atoms with Gasteiger partial charge in [-0.05, 0) is 17.7 Å². The standard InChI is InChI=1S/C8H6N2O2/c9-4-7(8(11)12)3-6-1-2-10-5-6/h1-3,5,10H,(H,11,12)/b7-3+. The van der Waals surface area contributed by atoms with E-state index in [1.807, 2.05) is 0 Å². The Kier molecular flexibility index (Phi) is 2.29. The van der Waals surface area contributed by atoms with Gasteiger partial charge in [-0.3, -0.25) is 0 Å². The fourth-order valence-corrected chi connectivity index (χ4v) is 0.735. The van der Waals surface area contributed by atoms with Crippen LogP contribution in [0.25, 0.3) is 6.08 Å². The van der Waals surface area contributed by atoms with Crippen LogP contribution in [0.2, 0.25) is 0 Å². The molecule has 0 aliphatic carbocycles. The number of carboxylic acids is 1. The van der Waals surface area contributed by atoms with Gasteiger partial charge in [0, 0.05) is 12.4 Å². The summed E-state index contributed by atoms with van der Waals surface area (Å²) in [5.74, 6) is -1.21. The van der Waals surface area contributed by atoms with Gasteiger partial charge in [-0.1, -0.05) is 0 Å². The third kappa shape index (κ3) is 1.73. The highest BCUT2D eigenvalue weighted by Gasteiger charge is 2.04. The molecule has 0 spiro atoms. The van der Waals surface area contributed by atoms with Gasteiger partial charge in [-0.2, -0.15) is 5.26 Å². The van der Waals surface area contributed by atoms with Crippen LogP contribution in [0.4, 0.5) is 0 Å². The fraction of sp³-hybridized carbons (Fsp3) is 0. The van der Waals surface area contributed by atoms with E-state index in [4.69, 9.17) is 10.4 Å². The second-order valence-electron chi connectivity index (χ2n) is 2.12. The lowest BCUT2D eigenvalue weighted by atomic mass is 10.2. The molecule has 4 nitrogen and oxygen atoms in total. The summed E-state index contributed by atoms with van der Waals surface area (Å²) in [5.41, 5.74) is 0.406. The quantitative estimate of drug-likeness (QED) is 0.503. The van der Waals surface area contributed by atoms with Crippen LogP contribution < -0.4 is 0 Å². The summed E-state index contributed by atoms with van der Waals surface area (Å²) in [4.78, 5) is 13.1. The first-order valence-electron chi connectivity index (χ1n) is 3.22. The molecule has 60 valence electrons. The number of hydrogen-bond donors (Lipinski definition) is 2. The summed E-state index contributed by atoms with van der Waals surface area (Å²) in [7, 11) is 0. The average Bonchev–Trinajstić information content (AvgIpc) is 2.51. The van der Waals surface area contributed by atoms with Crippen molar-refractivity contribution in [3.05, 3.63) is 29.6 Å². The molecule has 0 saturated heterocycles. The molecule has 0 radical (unpaired) electrons. The van der Waals surface area contributed by atoms with Crippen molar-refractivity contribution in [2.24, 2.45) is 0 Å². The Morgan fingerprint density at radius 2 is 2.50 bits per heavy atom. The molecular formula is C8H6N2O2. The van der Waals surface area contributed by atoms with Gasteiger partial charge >= 0.3 is 5.97 Å². The van der Waals surface area contributed by atoms with E-state index in [0.717, 1.165) is 0 Å². The van der Waals surface area contributed by atoms with Crippen molar-refractivity contribution in [3.63, 3.8) is 0 Å². The van der Waals surface area contributed by atoms with Gasteiger partial charge in [0.1, 0.15) is 11.6 Å². The number of nitrogens with zero attached hydrogens (tertiary/aromatic N) is 1. The molecule has 0 saturated carbocycles. The van der Waals surface area contributed by atoms with Crippen LogP contribution in [0, 0.1) is 11.3 Å². The predicted molar refractivity (Wildman–Crippen MR) is 42.0 cm³/mol. The number of H-pyrrole nitrogens is 1. The maximum atomic E-state index is 10.4. The number of nitriles is 1. The second kappa shape index (κ2) is 3.39. The normalized spacial score (nSPS) is 10.8. The molecule has 0 atom stereocenters. The van der Waals surface area contributed by atoms with Crippen molar-refractivity contribution >= 4 is 12.0 Å². The minimum absolute atomic E-state index is 0.269. The van der Waals surface area contributed by atoms with Crippen molar-refractivity contribution < 1.29 is 9.90 Å². The lowest BCUT2D eigenvalue weighted by Gasteiger charge is -1.86. The van der Waals surface area contributed by atoms with Gasteiger partial charge in [0.05, 0.1) is 0 Å². The zero-order valence-corrected chi connectivity index (χ0v) is 6.11. The highest BCUT2D eigenvalue weighted by Crippen LogP contribution is 2.04. The molecular weight excluding hydrogens is 156 g/mol. The SMILES string of the molecule is N#C/C(=C\c1cc[nH]c1)C(=O)O. The molecule has 4 heteroatoms. The summed E-state index contributed by atoms with van der Waals surface area (Å²) in [6.45, 7) is 0. The maximum Gasteiger partial charge on any atom is 0.346 e. The Bertz CT molecular complexity index is 344. The topological polar surface area (TPSA) is 76.9 Å². The van der Waals surface area contributed by atoms with Gasteiger partial charge in [-0.15, -0.1) is 0 Å². The maximum absolute atomic E-state index is 10.4. The van der Waals surface area contributed by atoms with Crippen LogP contribution in [0.5, 0.6) is 0 Å². The van der Waals surface area contributed by atoms with Crippen molar-refractivity contribution in [2.45, 2.75) is 0 Å². The van der Waals surface area contributed by atoms with Crippen LogP contribution in [0.1, 0.15) is 5.56 Å². The molecule has 1 aromatic rings. The largest absolute Gasteiger partial charge is 0.477 e. The molecule has 0 aliphatic rings. The highest BCUT2D eigenvalue weighted by molar-refractivity contribution is 5.96. The van der Waals surface area contributed by atoms with Crippen molar-refractivity contribution in [1.29, 1.82) is 5.26 Å². The fourth-order valence-electron chi connectivity index (χ4n) is 0.735. The minimum Gasteiger partial charge on any atom is -0.477 e. The Morgan fingerprint density at radius 1 is 1.75 bits per heavy atom. The molecule has 0 amide bonds. The monoisotopic (exact) mass is 162 g/mol. The molecule has 0 aliphatic heterocycles. The molecule has 1 rings (SSSR count). The summed E-state index contributed by atoms with van der Waals surface area (Å²) in [5, 5.41) is 16.9. The lowest BCUT2D eigenvalue weighted by molar-refractivity contribution is -0.132. The van der Waals surface area contributed by atoms with Crippen molar-refractivity contribution in [1.82, 2.24) is 4.98 Å². The molecule has 1 heterocycles. The summed E-state index contributed by atoms with van der Waals surface area (Å²) in [6.07, 6.45) is 4.57. The Labute approximate surface area is 68.8 Å². The predicted octanol–water partition coefficient (Wildman–Crippen LogP) is 1.01. The van der Waals surface area contributed by atoms with Crippen LogP contribution in [-0.4, -0.2) is 16.1 Å². The van der Waals surface area contributed by atoms with E-state index < -0.39 is 5.97 Å². The molecule has 0 unspecified atom stereocenters. The number of carboxylic acid groups (broad SMARTS) is 1. The van der Waals surface area contributed by atoms with Crippen LogP contribution in [0.3, 0.4) is 0 Å². The van der Waals surface area contributed by atoms with Crippen LogP contribution >= 0.6 is 0 Å². The third-order valence-corrected chi connectivity index (χ3v) is 1.28. The van der Waals surface area contributed by atoms with E-state index in [-0.39, 0.29) is 5.57 Å². The Hall–Kier alpha value is -2.02. The van der Waals surface area contributed by atoms with E-state index in [0.29, 0.717) is 5.56 Å². The first-order chi connectivity index (χ1) is 5.74. The number of nitrogens with one attached hydrogen (secondary N) is 1. The number of aliphatic carboxylic acids is 1. The van der Waals surface area contributed by atoms with Gasteiger partial charge in [-0.25, -0.2) is 4.79 Å². The summed E-state index contributed by atoms with van der Waals surface area (Å²) < 4.78 is 0. The number of hydrogen-bond acceptors (Lipinski definition) is 2. The molecule has 0 fully saturated rings. The van der Waals surface area contributed by atoms with E-state index in [9.17, 15) is 4.79 Å². The van der Waals surface area contributed by atoms with Crippen LogP contribution in [-0.2, 0) is 4.79 Å². The van der Waals surface area contributed by atoms with E-state index in [2.05, 4.69) is 4.98 Å². The van der Waals surface area contributed by atoms with E-state index >= 15 is 0 Å². The number of aromatic nitrogens is 1. The van der Waals surface area contributed by atoms with E-state index in [1.165, 1.54) is 6.08 Å². The Balaban J connectivity index is 2.95. The van der Waals surface area contributed by atoms with Gasteiger partial charge in [0.2, 0.25) is 0 Å². The molecule has 0 bridgehead atoms. The number of aromatic amines is 1. The lowest BCUT2D eigenvalue weighted by Crippen LogP contribution is -1.96. The highest BCUT2D eigenvalue weighted by atomic mass is 16.4. The third-order valence-electron chi connectivity index (χ3n) is 1.28. The number of carbonyl (C=O) groups is 1. The Morgan fingerprint density at radius 3 is 2.92 bits per heavy atom. The second-order valence-corrected chi connectivity index (χ2v) is 2.12. The average molecular weight is 162 g/mol. The van der Waals surface area contributed by atoms with Gasteiger partial charge < -0.3 is 10.1 Å². The minimum atomic E-state index is -1.21.